The molecule has 8 nitrogen and oxygen atoms in total. The number of anilines is 1. The van der Waals surface area contributed by atoms with Gasteiger partial charge in [0, 0.05) is 12.6 Å². The molecule has 10 heteroatoms. The SMILES string of the molecule is CC[C@@H](C)NC(=O)[C@@H](CC)N(Cc1cccc(OC)c1)C(=O)CN(c1ccccc1F)S(=O)(=O)c1ccccc1. The number of hydrogen-bond acceptors (Lipinski definition) is 5. The number of sulfonamides is 1. The molecule has 0 unspecified atom stereocenters. The minimum Gasteiger partial charge on any atom is -0.497 e. The van der Waals surface area contributed by atoms with Crippen LogP contribution in [0.2, 0.25) is 0 Å². The average molecular weight is 570 g/mol. The van der Waals surface area contributed by atoms with Gasteiger partial charge in [0.2, 0.25) is 11.8 Å². The lowest BCUT2D eigenvalue weighted by Crippen LogP contribution is -2.53. The number of ether oxygens (including phenoxy) is 1. The largest absolute Gasteiger partial charge is 0.497 e. The van der Waals surface area contributed by atoms with Crippen molar-refractivity contribution in [2.24, 2.45) is 0 Å². The van der Waals surface area contributed by atoms with Gasteiger partial charge in [-0.25, -0.2) is 12.8 Å². The van der Waals surface area contributed by atoms with Crippen LogP contribution in [0.3, 0.4) is 0 Å². The molecule has 214 valence electrons. The standard InChI is InChI=1S/C30H36FN3O5S/c1-5-22(3)32-30(36)27(6-2)33(20-23-13-12-14-24(19-23)39-4)29(35)21-34(28-18-11-10-17-26(28)31)40(37,38)25-15-8-7-9-16-25/h7-19,22,27H,5-6,20-21H2,1-4H3,(H,32,36)/t22-,27-/m1/s1. The van der Waals surface area contributed by atoms with Gasteiger partial charge in [-0.2, -0.15) is 0 Å². The number of methoxy groups -OCH3 is 1. The maximum atomic E-state index is 15.0. The molecule has 0 spiro atoms. The smallest absolute Gasteiger partial charge is 0.264 e. The van der Waals surface area contributed by atoms with Crippen LogP contribution in [0, 0.1) is 5.82 Å². The number of benzene rings is 3. The maximum Gasteiger partial charge on any atom is 0.264 e. The molecule has 0 radical (unpaired) electrons. The van der Waals surface area contributed by atoms with Crippen LogP contribution in [0.4, 0.5) is 10.1 Å². The molecule has 0 fully saturated rings. The van der Waals surface area contributed by atoms with E-state index in [2.05, 4.69) is 5.32 Å². The van der Waals surface area contributed by atoms with Crippen molar-refractivity contribution < 1.29 is 27.1 Å². The van der Waals surface area contributed by atoms with Crippen molar-refractivity contribution in [3.63, 3.8) is 0 Å². The Morgan fingerprint density at radius 3 is 2.25 bits per heavy atom. The number of amides is 2. The van der Waals surface area contributed by atoms with Crippen LogP contribution in [0.15, 0.2) is 83.8 Å². The fourth-order valence-corrected chi connectivity index (χ4v) is 5.66. The lowest BCUT2D eigenvalue weighted by atomic mass is 10.1. The molecular weight excluding hydrogens is 533 g/mol. The van der Waals surface area contributed by atoms with Gasteiger partial charge >= 0.3 is 0 Å². The molecule has 0 aromatic heterocycles. The van der Waals surface area contributed by atoms with Crippen molar-refractivity contribution in [2.75, 3.05) is 18.0 Å². The number of nitrogens with one attached hydrogen (secondary N) is 1. The molecule has 0 aliphatic carbocycles. The highest BCUT2D eigenvalue weighted by molar-refractivity contribution is 7.92. The van der Waals surface area contributed by atoms with Crippen molar-refractivity contribution in [1.82, 2.24) is 10.2 Å². The van der Waals surface area contributed by atoms with E-state index >= 15 is 0 Å². The normalized spacial score (nSPS) is 12.7. The van der Waals surface area contributed by atoms with E-state index in [0.717, 1.165) is 10.4 Å². The molecule has 0 aliphatic rings. The van der Waals surface area contributed by atoms with Crippen LogP contribution >= 0.6 is 0 Å². The Balaban J connectivity index is 2.07. The first-order chi connectivity index (χ1) is 19.1. The summed E-state index contributed by atoms with van der Waals surface area (Å²) >= 11 is 0. The Bertz CT molecular complexity index is 1400. The summed E-state index contributed by atoms with van der Waals surface area (Å²) in [4.78, 5) is 28.6. The first kappa shape index (κ1) is 30.6. The van der Waals surface area contributed by atoms with Gasteiger partial charge in [-0.05, 0) is 61.7 Å². The van der Waals surface area contributed by atoms with Crippen molar-refractivity contribution in [3.8, 4) is 5.75 Å². The van der Waals surface area contributed by atoms with Crippen LogP contribution in [-0.4, -0.2) is 50.9 Å². The zero-order chi connectivity index (χ0) is 29.3. The number of rotatable bonds is 13. The highest BCUT2D eigenvalue weighted by atomic mass is 32.2. The third-order valence-corrected chi connectivity index (χ3v) is 8.38. The van der Waals surface area contributed by atoms with Crippen molar-refractivity contribution in [2.45, 2.75) is 57.1 Å². The molecular formula is C30H36FN3O5S. The summed E-state index contributed by atoms with van der Waals surface area (Å²) in [6.07, 6.45) is 0.978. The van der Waals surface area contributed by atoms with E-state index in [1.165, 1.54) is 42.3 Å². The molecule has 3 aromatic carbocycles. The van der Waals surface area contributed by atoms with Crippen LogP contribution in [0.5, 0.6) is 5.75 Å². The Morgan fingerprint density at radius 2 is 1.62 bits per heavy atom. The minimum absolute atomic E-state index is 0.0129. The predicted octanol–water partition coefficient (Wildman–Crippen LogP) is 4.75. The minimum atomic E-state index is -4.34. The summed E-state index contributed by atoms with van der Waals surface area (Å²) in [5.74, 6) is -1.23. The van der Waals surface area contributed by atoms with Gasteiger partial charge in [-0.15, -0.1) is 0 Å². The maximum absolute atomic E-state index is 15.0. The molecule has 0 aliphatic heterocycles. The second kappa shape index (κ2) is 13.9. The Labute approximate surface area is 235 Å². The fourth-order valence-electron chi connectivity index (χ4n) is 4.22. The van der Waals surface area contributed by atoms with E-state index in [9.17, 15) is 22.4 Å². The molecule has 2 amide bonds. The molecule has 2 atom stereocenters. The molecule has 1 N–H and O–H groups in total. The number of nitrogens with zero attached hydrogens (tertiary/aromatic N) is 2. The van der Waals surface area contributed by atoms with Gasteiger partial charge in [0.05, 0.1) is 17.7 Å². The summed E-state index contributed by atoms with van der Waals surface area (Å²) in [6, 6.07) is 19.0. The van der Waals surface area contributed by atoms with E-state index in [0.29, 0.717) is 17.7 Å². The monoisotopic (exact) mass is 569 g/mol. The molecule has 0 bridgehead atoms. The summed E-state index contributed by atoms with van der Waals surface area (Å²) < 4.78 is 48.5. The zero-order valence-electron chi connectivity index (χ0n) is 23.2. The van der Waals surface area contributed by atoms with Gasteiger partial charge in [0.1, 0.15) is 24.2 Å². The molecule has 0 saturated heterocycles. The topological polar surface area (TPSA) is 96.0 Å². The molecule has 0 saturated carbocycles. The van der Waals surface area contributed by atoms with Gasteiger partial charge in [0.15, 0.2) is 0 Å². The molecule has 3 aromatic rings. The van der Waals surface area contributed by atoms with E-state index in [1.54, 1.807) is 49.4 Å². The number of carbonyl (C=O) groups is 2. The lowest BCUT2D eigenvalue weighted by molar-refractivity contribution is -0.140. The van der Waals surface area contributed by atoms with Gasteiger partial charge in [-0.3, -0.25) is 13.9 Å². The second-order valence-electron chi connectivity index (χ2n) is 9.39. The zero-order valence-corrected chi connectivity index (χ0v) is 24.0. The first-order valence-electron chi connectivity index (χ1n) is 13.2. The third kappa shape index (κ3) is 7.38. The Morgan fingerprint density at radius 1 is 0.950 bits per heavy atom. The van der Waals surface area contributed by atoms with Crippen LogP contribution < -0.4 is 14.4 Å². The third-order valence-electron chi connectivity index (χ3n) is 6.61. The van der Waals surface area contributed by atoms with Crippen molar-refractivity contribution in [3.05, 3.63) is 90.2 Å². The predicted molar refractivity (Wildman–Crippen MR) is 153 cm³/mol. The highest BCUT2D eigenvalue weighted by Gasteiger charge is 2.34. The summed E-state index contributed by atoms with van der Waals surface area (Å²) in [5.41, 5.74) is 0.420. The van der Waals surface area contributed by atoms with E-state index < -0.39 is 34.3 Å². The van der Waals surface area contributed by atoms with Crippen LogP contribution in [0.25, 0.3) is 0 Å². The average Bonchev–Trinajstić information content (AvgIpc) is 2.96. The fraction of sp³-hybridized carbons (Fsp3) is 0.333. The second-order valence-corrected chi connectivity index (χ2v) is 11.3. The molecule has 3 rings (SSSR count). The first-order valence-corrected chi connectivity index (χ1v) is 14.6. The molecule has 40 heavy (non-hydrogen) atoms. The van der Waals surface area contributed by atoms with Gasteiger partial charge < -0.3 is 15.0 Å². The van der Waals surface area contributed by atoms with Crippen molar-refractivity contribution >= 4 is 27.5 Å². The summed E-state index contributed by atoms with van der Waals surface area (Å²) in [7, 11) is -2.81. The van der Waals surface area contributed by atoms with Gasteiger partial charge in [0.25, 0.3) is 10.0 Å². The van der Waals surface area contributed by atoms with E-state index in [-0.39, 0.29) is 35.5 Å². The lowest BCUT2D eigenvalue weighted by Gasteiger charge is -2.33. The van der Waals surface area contributed by atoms with Crippen molar-refractivity contribution in [1.29, 1.82) is 0 Å². The number of hydrogen-bond donors (Lipinski definition) is 1. The molecule has 0 heterocycles. The van der Waals surface area contributed by atoms with Crippen LogP contribution in [-0.2, 0) is 26.2 Å². The Kier molecular flexibility index (Phi) is 10.7. The number of para-hydroxylation sites is 1. The quantitative estimate of drug-likeness (QED) is 0.321. The van der Waals surface area contributed by atoms with Gasteiger partial charge in [-0.1, -0.05) is 56.3 Å². The highest BCUT2D eigenvalue weighted by Crippen LogP contribution is 2.27. The number of carbonyl (C=O) groups excluding carboxylic acids is 2. The summed E-state index contributed by atoms with van der Waals surface area (Å²) in [6.45, 7) is 4.88. The van der Waals surface area contributed by atoms with E-state index in [1.807, 2.05) is 13.8 Å². The number of halogens is 1. The van der Waals surface area contributed by atoms with Crippen LogP contribution in [0.1, 0.15) is 39.2 Å². The summed E-state index contributed by atoms with van der Waals surface area (Å²) in [5, 5.41) is 2.93. The Hall–Kier alpha value is -3.92. The van der Waals surface area contributed by atoms with E-state index in [4.69, 9.17) is 4.74 Å².